The van der Waals surface area contributed by atoms with Crippen molar-refractivity contribution in [1.82, 2.24) is 14.1 Å². The zero-order valence-electron chi connectivity index (χ0n) is 74.8. The molecule has 100 heavy (non-hydrogen) atoms. The van der Waals surface area contributed by atoms with Crippen LogP contribution in [-0.4, -0.2) is 14.1 Å². The molecular formula is C92H70N5O2Pt-3. The number of para-hydroxylation sites is 5. The minimum absolute atomic E-state index is 0. The maximum absolute atomic E-state index is 9.55. The van der Waals surface area contributed by atoms with Crippen LogP contribution in [0.15, 0.2) is 309 Å². The van der Waals surface area contributed by atoms with Crippen LogP contribution in [0.1, 0.15) is 80.1 Å². The van der Waals surface area contributed by atoms with Crippen molar-refractivity contribution in [2.75, 3.05) is 9.80 Å². The number of nitrogens with zero attached hydrogens (tertiary/aromatic N) is 5. The van der Waals surface area contributed by atoms with E-state index in [1.165, 1.54) is 0 Å². The fraction of sp³-hybridized carbons (Fsp3) is 0.0870. The van der Waals surface area contributed by atoms with Crippen molar-refractivity contribution in [2.45, 2.75) is 52.4 Å². The first-order valence-electron chi connectivity index (χ1n) is 42.3. The number of ether oxygens (including phenoxy) is 2. The number of hydrogen-bond acceptors (Lipinski definition) is 5. The van der Waals surface area contributed by atoms with Gasteiger partial charge in [0, 0.05) is 106 Å². The van der Waals surface area contributed by atoms with Gasteiger partial charge in [-0.05, 0) is 127 Å². The van der Waals surface area contributed by atoms with E-state index in [1.807, 2.05) is 113 Å². The van der Waals surface area contributed by atoms with Gasteiger partial charge in [0.15, 0.2) is 0 Å². The second-order valence-corrected chi connectivity index (χ2v) is 26.2. The first-order valence-corrected chi connectivity index (χ1v) is 32.3. The molecule has 3 aromatic heterocycles. The third-order valence-corrected chi connectivity index (χ3v) is 17.9. The minimum atomic E-state index is -0.663. The number of fused-ring (bicyclic) bond motifs is 7. The molecule has 0 bridgehead atoms. The molecular weight excluding hydrogens is 1400 g/mol. The second kappa shape index (κ2) is 25.7. The summed E-state index contributed by atoms with van der Waals surface area (Å²) >= 11 is 0. The van der Waals surface area contributed by atoms with Crippen LogP contribution in [0.2, 0.25) is 0 Å². The molecule has 1 aliphatic heterocycles. The molecule has 0 N–H and O–H groups in total. The average molecular weight is 1490 g/mol. The van der Waals surface area contributed by atoms with E-state index in [9.17, 15) is 11.0 Å². The van der Waals surface area contributed by atoms with Gasteiger partial charge in [-0.3, -0.25) is 0 Å². The van der Waals surface area contributed by atoms with Gasteiger partial charge in [-0.1, -0.05) is 247 Å². The molecule has 0 atom stereocenters. The van der Waals surface area contributed by atoms with Crippen LogP contribution < -0.4 is 19.3 Å². The van der Waals surface area contributed by atoms with E-state index < -0.39 is 132 Å². The standard InChI is InChI=1S/C92H70N5O2.Pt/c1-91(2,3)67-52-65(61-27-11-7-12-28-61)51-66(53-67)80-55-68(92(4,5)6)54-79(64-33-17-10-18-34-64)90(80)99-73-49-50-93-88(59-73)97-84-48-45-70(96-82-41-21-19-37-76(82)77-38-20-22-42-83(77)96)57-81(84)78-47-46-72(58-87(78)97)98-71-36-25-35-69(56-71)94-60-95(86-44-24-23-43-85(86)94)89-74(62-29-13-8-14-30-62)39-26-40-75(89)63-31-15-9-16-32-63;/h7-55,57,59-60H,1-6H3;/q-3;/i7D,8D,9D,10D,11D,12D,13D,14D,15D,16D,17D,18D,27D,28D,29D,30D,31D,32D,33D,34D;. The summed E-state index contributed by atoms with van der Waals surface area (Å²) in [5.74, 6) is 1.03. The third kappa shape index (κ3) is 11.6. The monoisotopic (exact) mass is 1490 g/mol. The van der Waals surface area contributed by atoms with Gasteiger partial charge in [-0.25, -0.2) is 4.98 Å². The number of rotatable bonds is 13. The van der Waals surface area contributed by atoms with Gasteiger partial charge in [0.1, 0.15) is 17.3 Å². The Morgan fingerprint density at radius 3 is 1.56 bits per heavy atom. The van der Waals surface area contributed by atoms with E-state index in [2.05, 4.69) is 47.0 Å². The van der Waals surface area contributed by atoms with Gasteiger partial charge in [0.05, 0.1) is 38.4 Å². The number of aromatic nitrogens is 3. The van der Waals surface area contributed by atoms with Crippen molar-refractivity contribution in [1.29, 1.82) is 0 Å². The summed E-state index contributed by atoms with van der Waals surface area (Å²) in [6, 6.07) is 52.2. The molecule has 0 aliphatic carbocycles. The Kier molecular flexibility index (Phi) is 11.4. The molecule has 0 saturated carbocycles. The Bertz CT molecular complexity index is 6800. The zero-order chi connectivity index (χ0) is 84.3. The predicted molar refractivity (Wildman–Crippen MR) is 410 cm³/mol. The van der Waals surface area contributed by atoms with Crippen molar-refractivity contribution < 1.29 is 58.0 Å². The molecule has 17 rings (SSSR count). The fourth-order valence-corrected chi connectivity index (χ4v) is 13.2. The molecule has 13 aromatic carbocycles. The van der Waals surface area contributed by atoms with Gasteiger partial charge in [0.2, 0.25) is 0 Å². The third-order valence-electron chi connectivity index (χ3n) is 17.9. The fourth-order valence-electron chi connectivity index (χ4n) is 13.2. The van der Waals surface area contributed by atoms with E-state index in [1.54, 1.807) is 108 Å². The van der Waals surface area contributed by atoms with Crippen molar-refractivity contribution in [2.24, 2.45) is 0 Å². The van der Waals surface area contributed by atoms with Gasteiger partial charge >= 0.3 is 0 Å². The maximum Gasteiger partial charge on any atom is 0.143 e. The van der Waals surface area contributed by atoms with E-state index in [0.29, 0.717) is 61.7 Å². The summed E-state index contributed by atoms with van der Waals surface area (Å²) < 4.78 is 198. The van der Waals surface area contributed by atoms with Gasteiger partial charge in [-0.15, -0.1) is 48.1 Å². The quantitative estimate of drug-likeness (QED) is 0.108. The molecule has 16 aromatic rings. The summed E-state index contributed by atoms with van der Waals surface area (Å²) in [6.45, 7) is 13.6. The van der Waals surface area contributed by atoms with Crippen molar-refractivity contribution in [3.8, 4) is 90.1 Å². The van der Waals surface area contributed by atoms with Crippen LogP contribution in [0.3, 0.4) is 0 Å². The molecule has 0 unspecified atom stereocenters. The molecule has 0 spiro atoms. The Balaban J connectivity index is 0.0000107. The van der Waals surface area contributed by atoms with E-state index in [4.69, 9.17) is 30.9 Å². The molecule has 8 heteroatoms. The first-order chi connectivity index (χ1) is 56.6. The zero-order valence-corrected chi connectivity index (χ0v) is 57.1. The predicted octanol–water partition coefficient (Wildman–Crippen LogP) is 24.8. The molecule has 4 heterocycles. The molecule has 488 valence electrons. The summed E-state index contributed by atoms with van der Waals surface area (Å²) in [6.07, 6.45) is 1.57. The molecule has 7 nitrogen and oxygen atoms in total. The van der Waals surface area contributed by atoms with Crippen molar-refractivity contribution >= 4 is 66.4 Å². The molecule has 0 radical (unpaired) electrons. The average Bonchev–Trinajstić information content (AvgIpc) is 1.40. The van der Waals surface area contributed by atoms with Crippen molar-refractivity contribution in [3.63, 3.8) is 0 Å². The summed E-state index contributed by atoms with van der Waals surface area (Å²) in [5.41, 5.74) is 6.68. The molecule has 1 aliphatic rings. The maximum atomic E-state index is 9.55. The van der Waals surface area contributed by atoms with Gasteiger partial charge < -0.3 is 28.4 Å². The van der Waals surface area contributed by atoms with Crippen LogP contribution in [-0.2, 0) is 31.9 Å². The van der Waals surface area contributed by atoms with Crippen LogP contribution in [0, 0.1) is 18.8 Å². The van der Waals surface area contributed by atoms with Crippen LogP contribution in [0.5, 0.6) is 23.0 Å². The number of anilines is 4. The Morgan fingerprint density at radius 1 is 0.400 bits per heavy atom. The Morgan fingerprint density at radius 2 is 0.930 bits per heavy atom. The van der Waals surface area contributed by atoms with E-state index in [0.717, 1.165) is 38.3 Å². The largest absolute Gasteiger partial charge is 0.509 e. The van der Waals surface area contributed by atoms with Gasteiger partial charge in [-0.2, -0.15) is 12.1 Å². The second-order valence-electron chi connectivity index (χ2n) is 26.2. The Hall–Kier alpha value is -11.5. The normalized spacial score (nSPS) is 15.1. The number of pyridine rings is 1. The molecule has 0 amide bonds. The SMILES string of the molecule is [2H]c1c([2H])c([2H])c(-c2cc(-c3cc(C(C)(C)C)cc(-c4c([2H])c([2H])c([2H])c([2H])c4[2H])c3Oc3ccnc(-n4c5[c-]c(Oc6[c-]c(N7[CH-]N(c8c(-c9c([2H])c([2H])c([2H])c([2H])c9[2H])cccc8-c8c([2H])c([2H])c([2H])c([2H])c8[2H])c8ccccc87)ccc6)ccc5c5cc(-n6c7ccccc7c7ccccc76)ccc54)c3)cc(C(C)(C)C)c2)c([2H])c1[2H].[Pt]. The van der Waals surface area contributed by atoms with Crippen LogP contribution in [0.4, 0.5) is 22.7 Å². The number of benzene rings is 13. The van der Waals surface area contributed by atoms with Crippen LogP contribution in [0.25, 0.3) is 111 Å². The minimum Gasteiger partial charge on any atom is -0.509 e. The summed E-state index contributed by atoms with van der Waals surface area (Å²) in [4.78, 5) is 8.57. The topological polar surface area (TPSA) is 47.7 Å². The smallest absolute Gasteiger partial charge is 0.143 e. The van der Waals surface area contributed by atoms with Crippen LogP contribution >= 0.6 is 0 Å². The van der Waals surface area contributed by atoms with Gasteiger partial charge in [0.25, 0.3) is 0 Å². The molecule has 0 fully saturated rings. The summed E-state index contributed by atoms with van der Waals surface area (Å²) in [7, 11) is 0. The summed E-state index contributed by atoms with van der Waals surface area (Å²) in [5, 5.41) is 3.64. The first kappa shape index (κ1) is 44.4. The van der Waals surface area contributed by atoms with E-state index in [-0.39, 0.29) is 88.7 Å². The number of hydrogen-bond donors (Lipinski definition) is 0. The van der Waals surface area contributed by atoms with Crippen molar-refractivity contribution in [3.05, 3.63) is 339 Å². The van der Waals surface area contributed by atoms with E-state index >= 15 is 0 Å². The molecule has 0 saturated heterocycles. The Labute approximate surface area is 626 Å².